The van der Waals surface area contributed by atoms with Gasteiger partial charge < -0.3 is 15.2 Å². The third-order valence-corrected chi connectivity index (χ3v) is 2.51. The van der Waals surface area contributed by atoms with Crippen LogP contribution in [-0.4, -0.2) is 37.5 Å². The predicted molar refractivity (Wildman–Crippen MR) is 52.7 cm³/mol. The molecule has 0 aromatic rings. The van der Waals surface area contributed by atoms with Crippen LogP contribution in [0.15, 0.2) is 0 Å². The van der Waals surface area contributed by atoms with Crippen LogP contribution < -0.4 is 5.32 Å². The minimum Gasteiger partial charge on any atom is -0.393 e. The largest absolute Gasteiger partial charge is 0.393 e. The van der Waals surface area contributed by atoms with E-state index in [2.05, 4.69) is 5.32 Å². The van der Waals surface area contributed by atoms with Gasteiger partial charge in [0, 0.05) is 13.2 Å². The van der Waals surface area contributed by atoms with Gasteiger partial charge in [0.25, 0.3) is 0 Å². The summed E-state index contributed by atoms with van der Waals surface area (Å²) in [5.41, 5.74) is 0. The Bertz CT molecular complexity index is 122. The lowest BCUT2D eigenvalue weighted by molar-refractivity contribution is 0.0660. The summed E-state index contributed by atoms with van der Waals surface area (Å²) in [4.78, 5) is 0. The predicted octanol–water partition coefficient (Wildman–Crippen LogP) is 0.773. The summed E-state index contributed by atoms with van der Waals surface area (Å²) in [7, 11) is 0. The molecule has 0 aliphatic carbocycles. The quantitative estimate of drug-likeness (QED) is 0.625. The molecule has 3 nitrogen and oxygen atoms in total. The molecule has 2 N–H and O–H groups in total. The maximum atomic E-state index is 9.03. The molecule has 0 aromatic heterocycles. The van der Waals surface area contributed by atoms with E-state index in [0.29, 0.717) is 0 Å². The van der Waals surface area contributed by atoms with E-state index in [4.69, 9.17) is 9.84 Å². The van der Waals surface area contributed by atoms with Crippen LogP contribution in [0.4, 0.5) is 0 Å². The Morgan fingerprint density at radius 3 is 2.77 bits per heavy atom. The molecule has 1 aliphatic rings. The lowest BCUT2D eigenvalue weighted by atomic mass is 10.0. The molecule has 3 heteroatoms. The monoisotopic (exact) mass is 187 g/mol. The van der Waals surface area contributed by atoms with Crippen molar-refractivity contribution in [1.82, 2.24) is 5.32 Å². The van der Waals surface area contributed by atoms with Crippen LogP contribution >= 0.6 is 0 Å². The average Bonchev–Trinajstić information content (AvgIpc) is 2.14. The van der Waals surface area contributed by atoms with Crippen molar-refractivity contribution < 1.29 is 9.84 Å². The van der Waals surface area contributed by atoms with Crippen LogP contribution in [0, 0.1) is 5.92 Å². The summed E-state index contributed by atoms with van der Waals surface area (Å²) < 4.78 is 5.28. The van der Waals surface area contributed by atoms with E-state index in [1.165, 1.54) is 12.8 Å². The summed E-state index contributed by atoms with van der Waals surface area (Å²) in [6, 6.07) is 0. The van der Waals surface area contributed by atoms with Gasteiger partial charge in [-0.1, -0.05) is 0 Å². The number of rotatable bonds is 5. The van der Waals surface area contributed by atoms with Crippen LogP contribution in [0.3, 0.4) is 0 Å². The number of nitrogens with one attached hydrogen (secondary N) is 1. The zero-order valence-corrected chi connectivity index (χ0v) is 8.46. The molecule has 0 unspecified atom stereocenters. The van der Waals surface area contributed by atoms with E-state index in [9.17, 15) is 0 Å². The van der Waals surface area contributed by atoms with Gasteiger partial charge in [-0.15, -0.1) is 0 Å². The Hall–Kier alpha value is -0.120. The molecule has 0 aromatic carbocycles. The van der Waals surface area contributed by atoms with Crippen molar-refractivity contribution in [1.29, 1.82) is 0 Å². The van der Waals surface area contributed by atoms with Crippen molar-refractivity contribution in [2.24, 2.45) is 5.92 Å². The fourth-order valence-electron chi connectivity index (χ4n) is 1.57. The third kappa shape index (κ3) is 5.24. The van der Waals surface area contributed by atoms with E-state index in [0.717, 1.165) is 38.6 Å². The zero-order valence-electron chi connectivity index (χ0n) is 8.46. The van der Waals surface area contributed by atoms with Gasteiger partial charge in [-0.05, 0) is 45.2 Å². The van der Waals surface area contributed by atoms with Crippen molar-refractivity contribution >= 4 is 0 Å². The van der Waals surface area contributed by atoms with Crippen molar-refractivity contribution in [2.45, 2.75) is 32.3 Å². The first-order valence-electron chi connectivity index (χ1n) is 5.25. The van der Waals surface area contributed by atoms with Crippen LogP contribution in [0.25, 0.3) is 0 Å². The van der Waals surface area contributed by atoms with Gasteiger partial charge >= 0.3 is 0 Å². The maximum absolute atomic E-state index is 9.03. The Labute approximate surface area is 80.5 Å². The SMILES string of the molecule is C[C@@H](O)CCNCC1CCOCC1. The molecule has 78 valence electrons. The van der Waals surface area contributed by atoms with Gasteiger partial charge in [0.1, 0.15) is 0 Å². The fourth-order valence-corrected chi connectivity index (χ4v) is 1.57. The number of aliphatic hydroxyl groups is 1. The molecule has 1 saturated heterocycles. The minimum absolute atomic E-state index is 0.179. The molecule has 0 radical (unpaired) electrons. The summed E-state index contributed by atoms with van der Waals surface area (Å²) in [6.07, 6.45) is 3.04. The van der Waals surface area contributed by atoms with Crippen molar-refractivity contribution in [3.8, 4) is 0 Å². The van der Waals surface area contributed by atoms with E-state index in [-0.39, 0.29) is 6.10 Å². The topological polar surface area (TPSA) is 41.5 Å². The average molecular weight is 187 g/mol. The molecular weight excluding hydrogens is 166 g/mol. The molecule has 1 aliphatic heterocycles. The van der Waals surface area contributed by atoms with Gasteiger partial charge in [-0.2, -0.15) is 0 Å². The number of hydrogen-bond donors (Lipinski definition) is 2. The molecule has 13 heavy (non-hydrogen) atoms. The van der Waals surface area contributed by atoms with E-state index in [1.807, 2.05) is 6.92 Å². The highest BCUT2D eigenvalue weighted by atomic mass is 16.5. The second kappa shape index (κ2) is 6.35. The Morgan fingerprint density at radius 2 is 2.15 bits per heavy atom. The van der Waals surface area contributed by atoms with E-state index in [1.54, 1.807) is 0 Å². The van der Waals surface area contributed by atoms with Gasteiger partial charge in [0.15, 0.2) is 0 Å². The van der Waals surface area contributed by atoms with Crippen molar-refractivity contribution in [3.63, 3.8) is 0 Å². The highest BCUT2D eigenvalue weighted by Crippen LogP contribution is 2.12. The smallest absolute Gasteiger partial charge is 0.0524 e. The highest BCUT2D eigenvalue weighted by molar-refractivity contribution is 4.66. The van der Waals surface area contributed by atoms with Gasteiger partial charge in [-0.3, -0.25) is 0 Å². The molecule has 1 heterocycles. The molecule has 0 amide bonds. The molecular formula is C10H21NO2. The Kier molecular flexibility index (Phi) is 5.35. The minimum atomic E-state index is -0.179. The lowest BCUT2D eigenvalue weighted by Gasteiger charge is -2.22. The van der Waals surface area contributed by atoms with Crippen LogP contribution in [0.2, 0.25) is 0 Å². The standard InChI is InChI=1S/C10H21NO2/c1-9(12)2-5-11-8-10-3-6-13-7-4-10/h9-12H,2-8H2,1H3/t9-/m1/s1. The highest BCUT2D eigenvalue weighted by Gasteiger charge is 2.12. The second-order valence-corrected chi connectivity index (χ2v) is 3.90. The molecule has 1 rings (SSSR count). The molecule has 0 bridgehead atoms. The van der Waals surface area contributed by atoms with E-state index >= 15 is 0 Å². The number of ether oxygens (including phenoxy) is 1. The fraction of sp³-hybridized carbons (Fsp3) is 1.00. The first-order chi connectivity index (χ1) is 6.29. The summed E-state index contributed by atoms with van der Waals surface area (Å²) >= 11 is 0. The summed E-state index contributed by atoms with van der Waals surface area (Å²) in [5.74, 6) is 0.780. The number of hydrogen-bond acceptors (Lipinski definition) is 3. The Morgan fingerprint density at radius 1 is 1.46 bits per heavy atom. The van der Waals surface area contributed by atoms with Crippen LogP contribution in [0.5, 0.6) is 0 Å². The second-order valence-electron chi connectivity index (χ2n) is 3.90. The summed E-state index contributed by atoms with van der Waals surface area (Å²) in [6.45, 7) is 5.67. The third-order valence-electron chi connectivity index (χ3n) is 2.51. The van der Waals surface area contributed by atoms with Crippen molar-refractivity contribution in [3.05, 3.63) is 0 Å². The Balaban J connectivity index is 1.92. The first kappa shape index (κ1) is 11.0. The summed E-state index contributed by atoms with van der Waals surface area (Å²) in [5, 5.41) is 12.4. The first-order valence-corrected chi connectivity index (χ1v) is 5.25. The van der Waals surface area contributed by atoms with Gasteiger partial charge in [0.2, 0.25) is 0 Å². The lowest BCUT2D eigenvalue weighted by Crippen LogP contribution is -2.29. The molecule has 0 spiro atoms. The molecule has 1 atom stereocenters. The maximum Gasteiger partial charge on any atom is 0.0524 e. The van der Waals surface area contributed by atoms with Crippen LogP contribution in [-0.2, 0) is 4.74 Å². The molecule has 0 saturated carbocycles. The number of aliphatic hydroxyl groups excluding tert-OH is 1. The van der Waals surface area contributed by atoms with Gasteiger partial charge in [0.05, 0.1) is 6.10 Å². The van der Waals surface area contributed by atoms with Crippen molar-refractivity contribution in [2.75, 3.05) is 26.3 Å². The molecule has 1 fully saturated rings. The van der Waals surface area contributed by atoms with E-state index < -0.39 is 0 Å². The normalized spacial score (nSPS) is 21.7. The van der Waals surface area contributed by atoms with Gasteiger partial charge in [-0.25, -0.2) is 0 Å². The zero-order chi connectivity index (χ0) is 9.52. The van der Waals surface area contributed by atoms with Crippen LogP contribution in [0.1, 0.15) is 26.2 Å².